The topological polar surface area (TPSA) is 76.2 Å². The number of carbonyl (C=O) groups is 1. The number of rotatable bonds is 9. The molecule has 2 aliphatic heterocycles. The molecule has 3 unspecified atom stereocenters. The van der Waals surface area contributed by atoms with E-state index in [1.54, 1.807) is 12.0 Å². The molecule has 0 aliphatic carbocycles. The lowest BCUT2D eigenvalue weighted by Gasteiger charge is -2.33. The molecular formula is C22H34N2O5S. The van der Waals surface area contributed by atoms with Gasteiger partial charge in [-0.2, -0.15) is 0 Å². The summed E-state index contributed by atoms with van der Waals surface area (Å²) in [5.41, 5.74) is 1.18. The second kappa shape index (κ2) is 10.1. The van der Waals surface area contributed by atoms with E-state index in [0.717, 1.165) is 25.0 Å². The van der Waals surface area contributed by atoms with Gasteiger partial charge in [0, 0.05) is 25.2 Å². The van der Waals surface area contributed by atoms with Crippen molar-refractivity contribution >= 4 is 15.7 Å². The van der Waals surface area contributed by atoms with E-state index in [2.05, 4.69) is 6.92 Å². The van der Waals surface area contributed by atoms with Crippen LogP contribution in [0.5, 0.6) is 5.75 Å². The highest BCUT2D eigenvalue weighted by atomic mass is 32.2. The number of likely N-dealkylation sites (N-methyl/N-ethyl adjacent to an activating group) is 1. The molecule has 3 rings (SSSR count). The van der Waals surface area contributed by atoms with Gasteiger partial charge in [0.25, 0.3) is 0 Å². The molecule has 0 N–H and O–H groups in total. The molecule has 1 aromatic rings. The van der Waals surface area contributed by atoms with Crippen LogP contribution in [0.1, 0.15) is 31.7 Å². The summed E-state index contributed by atoms with van der Waals surface area (Å²) in [5, 5.41) is 0. The minimum Gasteiger partial charge on any atom is -0.497 e. The van der Waals surface area contributed by atoms with Gasteiger partial charge in [-0.05, 0) is 57.4 Å². The fourth-order valence-corrected chi connectivity index (χ4v) is 5.93. The highest BCUT2D eigenvalue weighted by Crippen LogP contribution is 2.22. The number of benzene rings is 1. The number of carbonyl (C=O) groups excluding carboxylic acids is 1. The van der Waals surface area contributed by atoms with Gasteiger partial charge in [0.2, 0.25) is 5.91 Å². The Morgan fingerprint density at radius 2 is 2.00 bits per heavy atom. The van der Waals surface area contributed by atoms with E-state index in [1.807, 2.05) is 36.2 Å². The van der Waals surface area contributed by atoms with Crippen LogP contribution in [-0.2, 0) is 25.8 Å². The van der Waals surface area contributed by atoms with Crippen molar-refractivity contribution in [2.45, 2.75) is 50.8 Å². The van der Waals surface area contributed by atoms with E-state index in [9.17, 15) is 13.2 Å². The maximum Gasteiger partial charge on any atom is 0.237 e. The van der Waals surface area contributed by atoms with Crippen molar-refractivity contribution in [3.8, 4) is 5.75 Å². The van der Waals surface area contributed by atoms with Crippen LogP contribution in [0.2, 0.25) is 0 Å². The zero-order valence-corrected chi connectivity index (χ0v) is 19.1. The van der Waals surface area contributed by atoms with Crippen molar-refractivity contribution in [3.63, 3.8) is 0 Å². The van der Waals surface area contributed by atoms with Crippen molar-refractivity contribution < 1.29 is 22.7 Å². The molecule has 0 bridgehead atoms. The first kappa shape index (κ1) is 23.0. The van der Waals surface area contributed by atoms with E-state index in [1.165, 1.54) is 5.56 Å². The third kappa shape index (κ3) is 6.18. The lowest BCUT2D eigenvalue weighted by molar-refractivity contribution is -0.136. The molecule has 1 aromatic carbocycles. The van der Waals surface area contributed by atoms with Gasteiger partial charge in [0.05, 0.1) is 31.3 Å². The first-order valence-corrected chi connectivity index (χ1v) is 12.5. The number of hydrogen-bond acceptors (Lipinski definition) is 6. The molecule has 2 fully saturated rings. The number of nitrogens with zero attached hydrogens (tertiary/aromatic N) is 2. The highest BCUT2D eigenvalue weighted by molar-refractivity contribution is 7.91. The molecule has 30 heavy (non-hydrogen) atoms. The lowest BCUT2D eigenvalue weighted by Crippen LogP contribution is -2.50. The van der Waals surface area contributed by atoms with Crippen molar-refractivity contribution in [2.24, 2.45) is 0 Å². The molecule has 168 valence electrons. The zero-order valence-electron chi connectivity index (χ0n) is 18.2. The Morgan fingerprint density at radius 3 is 2.57 bits per heavy atom. The predicted molar refractivity (Wildman–Crippen MR) is 117 cm³/mol. The highest BCUT2D eigenvalue weighted by Gasteiger charge is 2.36. The van der Waals surface area contributed by atoms with Gasteiger partial charge in [-0.25, -0.2) is 8.42 Å². The Balaban J connectivity index is 1.61. The maximum atomic E-state index is 13.2. The number of amides is 1. The summed E-state index contributed by atoms with van der Waals surface area (Å²) in [7, 11) is 0.537. The SMILES string of the molecule is COc1ccc(CC(C)N(C)CC(=O)N(CC2CCCO2)C2CCS(=O)(=O)C2)cc1. The molecular weight excluding hydrogens is 404 g/mol. The Morgan fingerprint density at radius 1 is 1.27 bits per heavy atom. The summed E-state index contributed by atoms with van der Waals surface area (Å²) < 4.78 is 34.9. The molecule has 0 aromatic heterocycles. The summed E-state index contributed by atoms with van der Waals surface area (Å²) in [6.07, 6.45) is 3.27. The quantitative estimate of drug-likeness (QED) is 0.585. The van der Waals surface area contributed by atoms with E-state index < -0.39 is 9.84 Å². The number of hydrogen-bond donors (Lipinski definition) is 0. The van der Waals surface area contributed by atoms with Crippen LogP contribution in [0.25, 0.3) is 0 Å². The van der Waals surface area contributed by atoms with Crippen LogP contribution in [0.4, 0.5) is 0 Å². The van der Waals surface area contributed by atoms with E-state index in [0.29, 0.717) is 19.6 Å². The minimum absolute atomic E-state index is 0.0132. The van der Waals surface area contributed by atoms with Gasteiger partial charge < -0.3 is 14.4 Å². The van der Waals surface area contributed by atoms with Crippen molar-refractivity contribution in [1.29, 1.82) is 0 Å². The number of sulfone groups is 1. The van der Waals surface area contributed by atoms with Crippen molar-refractivity contribution in [2.75, 3.05) is 45.4 Å². The third-order valence-corrected chi connectivity index (χ3v) is 7.97. The monoisotopic (exact) mass is 438 g/mol. The number of methoxy groups -OCH3 is 1. The molecule has 8 heteroatoms. The fraction of sp³-hybridized carbons (Fsp3) is 0.682. The summed E-state index contributed by atoms with van der Waals surface area (Å²) in [6, 6.07) is 7.89. The average molecular weight is 439 g/mol. The summed E-state index contributed by atoms with van der Waals surface area (Å²) in [5.74, 6) is 1.04. The Bertz CT molecular complexity index is 805. The van der Waals surface area contributed by atoms with Crippen molar-refractivity contribution in [3.05, 3.63) is 29.8 Å². The Kier molecular flexibility index (Phi) is 7.76. The van der Waals surface area contributed by atoms with Gasteiger partial charge in [0.15, 0.2) is 9.84 Å². The fourth-order valence-electron chi connectivity index (χ4n) is 4.20. The second-order valence-electron chi connectivity index (χ2n) is 8.55. The summed E-state index contributed by atoms with van der Waals surface area (Å²) >= 11 is 0. The molecule has 2 heterocycles. The van der Waals surface area contributed by atoms with Crippen LogP contribution in [0.15, 0.2) is 24.3 Å². The molecule has 0 radical (unpaired) electrons. The summed E-state index contributed by atoms with van der Waals surface area (Å²) in [6.45, 7) is 3.57. The van der Waals surface area contributed by atoms with Gasteiger partial charge in [-0.15, -0.1) is 0 Å². The first-order valence-electron chi connectivity index (χ1n) is 10.7. The predicted octanol–water partition coefficient (Wildman–Crippen LogP) is 1.75. The molecule has 2 aliphatic rings. The zero-order chi connectivity index (χ0) is 21.7. The lowest BCUT2D eigenvalue weighted by atomic mass is 10.1. The maximum absolute atomic E-state index is 13.2. The van der Waals surface area contributed by atoms with E-state index in [4.69, 9.17) is 9.47 Å². The van der Waals surface area contributed by atoms with Crippen molar-refractivity contribution in [1.82, 2.24) is 9.80 Å². The molecule has 7 nitrogen and oxygen atoms in total. The van der Waals surface area contributed by atoms with Crippen LogP contribution in [0.3, 0.4) is 0 Å². The minimum atomic E-state index is -3.06. The first-order chi connectivity index (χ1) is 14.3. The van der Waals surface area contributed by atoms with Gasteiger partial charge in [0.1, 0.15) is 5.75 Å². The molecule has 2 saturated heterocycles. The Hall–Kier alpha value is -1.64. The molecule has 0 saturated carbocycles. The van der Waals surface area contributed by atoms with Crippen LogP contribution < -0.4 is 4.74 Å². The van der Waals surface area contributed by atoms with Crippen LogP contribution in [-0.4, -0.2) is 87.7 Å². The van der Waals surface area contributed by atoms with E-state index >= 15 is 0 Å². The summed E-state index contributed by atoms with van der Waals surface area (Å²) in [4.78, 5) is 17.0. The van der Waals surface area contributed by atoms with Crippen LogP contribution in [0, 0.1) is 0 Å². The largest absolute Gasteiger partial charge is 0.497 e. The van der Waals surface area contributed by atoms with Gasteiger partial charge in [-0.1, -0.05) is 12.1 Å². The number of ether oxygens (including phenoxy) is 2. The third-order valence-electron chi connectivity index (χ3n) is 6.22. The second-order valence-corrected chi connectivity index (χ2v) is 10.8. The van der Waals surface area contributed by atoms with E-state index in [-0.39, 0.29) is 42.1 Å². The van der Waals surface area contributed by atoms with Gasteiger partial charge in [-0.3, -0.25) is 9.69 Å². The normalized spacial score (nSPS) is 24.1. The molecule has 3 atom stereocenters. The average Bonchev–Trinajstić information content (AvgIpc) is 3.35. The standard InChI is InChI=1S/C22H34N2O5S/c1-17(13-18-6-8-20(28-3)9-7-18)23(2)15-22(25)24(14-21-5-4-11-29-21)19-10-12-30(26,27)16-19/h6-9,17,19,21H,4-5,10-16H2,1-3H3. The smallest absolute Gasteiger partial charge is 0.237 e. The van der Waals surface area contributed by atoms with Crippen LogP contribution >= 0.6 is 0 Å². The van der Waals surface area contributed by atoms with Gasteiger partial charge >= 0.3 is 0 Å². The Labute approximate surface area is 180 Å². The molecule has 0 spiro atoms. The molecule has 1 amide bonds.